The molecule has 28 heavy (non-hydrogen) atoms. The average Bonchev–Trinajstić information content (AvgIpc) is 2.72. The van der Waals surface area contributed by atoms with Crippen molar-refractivity contribution in [3.05, 3.63) is 77.1 Å². The van der Waals surface area contributed by atoms with Gasteiger partial charge in [0.05, 0.1) is 16.2 Å². The van der Waals surface area contributed by atoms with Crippen molar-refractivity contribution in [3.63, 3.8) is 0 Å². The predicted molar refractivity (Wildman–Crippen MR) is 112 cm³/mol. The SMILES string of the molecule is CCc1cc(-c2ccc3ncnc(Nc4cccc(Cl)c4F)c3c2)cnc1C. The summed E-state index contributed by atoms with van der Waals surface area (Å²) in [6.45, 7) is 4.13. The second-order valence-corrected chi connectivity index (χ2v) is 6.91. The number of benzene rings is 2. The monoisotopic (exact) mass is 392 g/mol. The molecule has 0 fully saturated rings. The minimum absolute atomic E-state index is 0.0573. The maximum absolute atomic E-state index is 14.3. The van der Waals surface area contributed by atoms with Crippen molar-refractivity contribution in [1.29, 1.82) is 0 Å². The molecule has 2 heterocycles. The molecule has 1 N–H and O–H groups in total. The number of hydrogen-bond donors (Lipinski definition) is 1. The number of hydrogen-bond acceptors (Lipinski definition) is 4. The minimum atomic E-state index is -0.512. The van der Waals surface area contributed by atoms with Gasteiger partial charge >= 0.3 is 0 Å². The number of pyridine rings is 1. The first-order valence-corrected chi connectivity index (χ1v) is 9.36. The second kappa shape index (κ2) is 7.52. The third-order valence-corrected chi connectivity index (χ3v) is 5.04. The van der Waals surface area contributed by atoms with E-state index in [4.69, 9.17) is 11.6 Å². The van der Waals surface area contributed by atoms with Crippen molar-refractivity contribution in [2.45, 2.75) is 20.3 Å². The van der Waals surface area contributed by atoms with Gasteiger partial charge in [-0.3, -0.25) is 4.98 Å². The van der Waals surface area contributed by atoms with Crippen LogP contribution in [0.15, 0.2) is 55.0 Å². The van der Waals surface area contributed by atoms with Gasteiger partial charge in [-0.05, 0) is 54.8 Å². The molecule has 0 radical (unpaired) electrons. The standard InChI is InChI=1S/C22H18ClFN4/c1-3-14-9-16(11-25-13(14)2)15-7-8-19-17(10-15)22(27-12-26-19)28-20-6-4-5-18(23)21(20)24/h4-12H,3H2,1-2H3,(H,26,27,28). The largest absolute Gasteiger partial charge is 0.337 e. The lowest BCUT2D eigenvalue weighted by Crippen LogP contribution is -1.99. The average molecular weight is 393 g/mol. The van der Waals surface area contributed by atoms with Crippen LogP contribution in [0.3, 0.4) is 0 Å². The molecule has 0 atom stereocenters. The van der Waals surface area contributed by atoms with E-state index in [0.717, 1.165) is 34.1 Å². The molecule has 2 aromatic carbocycles. The van der Waals surface area contributed by atoms with Gasteiger partial charge in [0.1, 0.15) is 12.1 Å². The number of aromatic nitrogens is 3. The van der Waals surface area contributed by atoms with Crippen LogP contribution in [0.4, 0.5) is 15.9 Å². The van der Waals surface area contributed by atoms with Crippen molar-refractivity contribution in [1.82, 2.24) is 15.0 Å². The van der Waals surface area contributed by atoms with Crippen LogP contribution in [0.5, 0.6) is 0 Å². The Morgan fingerprint density at radius 1 is 1.04 bits per heavy atom. The molecule has 4 rings (SSSR count). The Morgan fingerprint density at radius 2 is 1.89 bits per heavy atom. The number of aryl methyl sites for hydroxylation is 2. The third-order valence-electron chi connectivity index (χ3n) is 4.75. The van der Waals surface area contributed by atoms with Crippen molar-refractivity contribution in [2.75, 3.05) is 5.32 Å². The molecule has 0 bridgehead atoms. The van der Waals surface area contributed by atoms with Crippen LogP contribution < -0.4 is 5.32 Å². The fourth-order valence-corrected chi connectivity index (χ4v) is 3.33. The van der Waals surface area contributed by atoms with E-state index in [1.165, 1.54) is 18.0 Å². The van der Waals surface area contributed by atoms with Gasteiger partial charge in [-0.15, -0.1) is 0 Å². The summed E-state index contributed by atoms with van der Waals surface area (Å²) in [6.07, 6.45) is 4.24. The first-order valence-electron chi connectivity index (χ1n) is 8.98. The molecule has 4 nitrogen and oxygen atoms in total. The van der Waals surface area contributed by atoms with Crippen molar-refractivity contribution in [2.24, 2.45) is 0 Å². The zero-order valence-electron chi connectivity index (χ0n) is 15.5. The maximum Gasteiger partial charge on any atom is 0.165 e. The van der Waals surface area contributed by atoms with Crippen molar-refractivity contribution >= 4 is 34.0 Å². The molecule has 0 aliphatic rings. The number of fused-ring (bicyclic) bond motifs is 1. The van der Waals surface area contributed by atoms with Crippen LogP contribution >= 0.6 is 11.6 Å². The van der Waals surface area contributed by atoms with Crippen molar-refractivity contribution < 1.29 is 4.39 Å². The molecule has 0 aliphatic carbocycles. The summed E-state index contributed by atoms with van der Waals surface area (Å²) in [4.78, 5) is 13.1. The second-order valence-electron chi connectivity index (χ2n) is 6.50. The third kappa shape index (κ3) is 3.41. The Hall–Kier alpha value is -3.05. The number of nitrogens with one attached hydrogen (secondary N) is 1. The Labute approximate surface area is 167 Å². The highest BCUT2D eigenvalue weighted by atomic mass is 35.5. The molecule has 140 valence electrons. The predicted octanol–water partition coefficient (Wildman–Crippen LogP) is 6.10. The smallest absolute Gasteiger partial charge is 0.165 e. The number of anilines is 2. The quantitative estimate of drug-likeness (QED) is 0.456. The lowest BCUT2D eigenvalue weighted by Gasteiger charge is -2.11. The summed E-state index contributed by atoms with van der Waals surface area (Å²) >= 11 is 5.89. The fourth-order valence-electron chi connectivity index (χ4n) is 3.16. The zero-order valence-corrected chi connectivity index (χ0v) is 16.3. The van der Waals surface area contributed by atoms with E-state index in [0.29, 0.717) is 5.82 Å². The van der Waals surface area contributed by atoms with Crippen LogP contribution in [0.1, 0.15) is 18.2 Å². The Morgan fingerprint density at radius 3 is 2.71 bits per heavy atom. The van der Waals surface area contributed by atoms with Crippen LogP contribution in [-0.4, -0.2) is 15.0 Å². The fraction of sp³-hybridized carbons (Fsp3) is 0.136. The summed E-state index contributed by atoms with van der Waals surface area (Å²) in [7, 11) is 0. The summed E-state index contributed by atoms with van der Waals surface area (Å²) in [6, 6.07) is 12.9. The molecule has 0 amide bonds. The topological polar surface area (TPSA) is 50.7 Å². The molecule has 0 aliphatic heterocycles. The normalized spacial score (nSPS) is 11.0. The molecule has 0 saturated carbocycles. The van der Waals surface area contributed by atoms with E-state index in [1.807, 2.05) is 31.3 Å². The van der Waals surface area contributed by atoms with E-state index in [9.17, 15) is 4.39 Å². The van der Waals surface area contributed by atoms with Gasteiger partial charge in [-0.1, -0.05) is 30.7 Å². The van der Waals surface area contributed by atoms with Crippen LogP contribution in [0.2, 0.25) is 5.02 Å². The van der Waals surface area contributed by atoms with E-state index in [2.05, 4.69) is 33.3 Å². The van der Waals surface area contributed by atoms with Gasteiger partial charge in [0.2, 0.25) is 0 Å². The first-order chi connectivity index (χ1) is 13.6. The lowest BCUT2D eigenvalue weighted by molar-refractivity contribution is 0.632. The molecule has 0 unspecified atom stereocenters. The van der Waals surface area contributed by atoms with E-state index < -0.39 is 5.82 Å². The van der Waals surface area contributed by atoms with E-state index in [-0.39, 0.29) is 10.7 Å². The highest BCUT2D eigenvalue weighted by molar-refractivity contribution is 6.31. The molecule has 4 aromatic rings. The number of nitrogens with zero attached hydrogens (tertiary/aromatic N) is 3. The molecule has 6 heteroatoms. The lowest BCUT2D eigenvalue weighted by atomic mass is 10.0. The molecular weight excluding hydrogens is 375 g/mol. The Kier molecular flexibility index (Phi) is 4.92. The highest BCUT2D eigenvalue weighted by Crippen LogP contribution is 2.31. The Balaban J connectivity index is 1.81. The number of halogens is 2. The van der Waals surface area contributed by atoms with Crippen LogP contribution in [0.25, 0.3) is 22.0 Å². The molecular formula is C22H18ClFN4. The van der Waals surface area contributed by atoms with Gasteiger partial charge < -0.3 is 5.32 Å². The van der Waals surface area contributed by atoms with Gasteiger partial charge in [0.15, 0.2) is 5.82 Å². The summed E-state index contributed by atoms with van der Waals surface area (Å²) in [5.74, 6) is 0.00575. The molecule has 0 saturated heterocycles. The minimum Gasteiger partial charge on any atom is -0.337 e. The summed E-state index contributed by atoms with van der Waals surface area (Å²) < 4.78 is 14.3. The van der Waals surface area contributed by atoms with E-state index in [1.54, 1.807) is 12.1 Å². The van der Waals surface area contributed by atoms with E-state index >= 15 is 0 Å². The molecule has 0 spiro atoms. The van der Waals surface area contributed by atoms with Crippen LogP contribution in [0, 0.1) is 12.7 Å². The summed E-state index contributed by atoms with van der Waals surface area (Å²) in [5.41, 5.74) is 5.30. The van der Waals surface area contributed by atoms with Gasteiger partial charge in [-0.25, -0.2) is 14.4 Å². The van der Waals surface area contributed by atoms with Gasteiger partial charge in [-0.2, -0.15) is 0 Å². The van der Waals surface area contributed by atoms with Gasteiger partial charge in [0, 0.05) is 22.8 Å². The molecule has 2 aromatic heterocycles. The maximum atomic E-state index is 14.3. The number of rotatable bonds is 4. The van der Waals surface area contributed by atoms with Gasteiger partial charge in [0.25, 0.3) is 0 Å². The van der Waals surface area contributed by atoms with Crippen LogP contribution in [-0.2, 0) is 6.42 Å². The Bertz CT molecular complexity index is 1180. The van der Waals surface area contributed by atoms with Crippen molar-refractivity contribution in [3.8, 4) is 11.1 Å². The zero-order chi connectivity index (χ0) is 19.7. The highest BCUT2D eigenvalue weighted by Gasteiger charge is 2.11. The first kappa shape index (κ1) is 18.3. The summed E-state index contributed by atoms with van der Waals surface area (Å²) in [5, 5.41) is 3.89.